The van der Waals surface area contributed by atoms with Gasteiger partial charge in [0, 0.05) is 32.2 Å². The fourth-order valence-corrected chi connectivity index (χ4v) is 4.85. The Morgan fingerprint density at radius 3 is 2.43 bits per heavy atom. The second kappa shape index (κ2) is 8.02. The number of β-lactam (4-membered cyclic amide) rings is 1. The maximum atomic E-state index is 12.8. The molecule has 4 rings (SSSR count). The summed E-state index contributed by atoms with van der Waals surface area (Å²) < 4.78 is 5.18. The number of urea groups is 1. The molecule has 1 aliphatic carbocycles. The van der Waals surface area contributed by atoms with Crippen LogP contribution in [0, 0.1) is 5.41 Å². The highest BCUT2D eigenvalue weighted by atomic mass is 16.5. The first-order valence-electron chi connectivity index (χ1n) is 10.6. The smallest absolute Gasteiger partial charge is 0.317 e. The molecule has 1 aromatic rings. The number of carbonyl (C=O) groups is 2. The Balaban J connectivity index is 1.25. The summed E-state index contributed by atoms with van der Waals surface area (Å²) in [6.07, 6.45) is 7.48. The van der Waals surface area contributed by atoms with Crippen LogP contribution in [0.3, 0.4) is 0 Å². The van der Waals surface area contributed by atoms with Gasteiger partial charge in [-0.05, 0) is 43.4 Å². The molecule has 28 heavy (non-hydrogen) atoms. The predicted octanol–water partition coefficient (Wildman–Crippen LogP) is 3.16. The largest absolute Gasteiger partial charge is 0.497 e. The van der Waals surface area contributed by atoms with Crippen molar-refractivity contribution in [1.82, 2.24) is 15.1 Å². The van der Waals surface area contributed by atoms with E-state index in [0.29, 0.717) is 25.7 Å². The van der Waals surface area contributed by atoms with E-state index in [0.717, 1.165) is 43.5 Å². The van der Waals surface area contributed by atoms with Crippen molar-refractivity contribution in [3.63, 3.8) is 0 Å². The van der Waals surface area contributed by atoms with E-state index < -0.39 is 0 Å². The van der Waals surface area contributed by atoms with Crippen LogP contribution in [0.1, 0.15) is 50.5 Å². The summed E-state index contributed by atoms with van der Waals surface area (Å²) in [5.74, 6) is 1.07. The van der Waals surface area contributed by atoms with Gasteiger partial charge in [0.1, 0.15) is 5.75 Å². The third-order valence-corrected chi connectivity index (χ3v) is 6.71. The molecule has 1 saturated carbocycles. The van der Waals surface area contributed by atoms with Crippen molar-refractivity contribution in [2.45, 2.75) is 57.5 Å². The van der Waals surface area contributed by atoms with Crippen molar-refractivity contribution in [3.8, 4) is 5.75 Å². The number of methoxy groups -OCH3 is 1. The minimum Gasteiger partial charge on any atom is -0.497 e. The number of nitrogens with zero attached hydrogens (tertiary/aromatic N) is 2. The first-order chi connectivity index (χ1) is 13.6. The Morgan fingerprint density at radius 2 is 1.82 bits per heavy atom. The number of ether oxygens (including phenoxy) is 1. The Kier molecular flexibility index (Phi) is 5.47. The van der Waals surface area contributed by atoms with E-state index in [-0.39, 0.29) is 17.4 Å². The SMILES string of the molecule is COc1ccc(CN2CC3(CCN(C(=O)NC4CCCCC4)CC3)C2=O)cc1. The number of piperidine rings is 1. The third-order valence-electron chi connectivity index (χ3n) is 6.71. The van der Waals surface area contributed by atoms with Crippen LogP contribution in [0.25, 0.3) is 0 Å². The number of benzene rings is 1. The van der Waals surface area contributed by atoms with E-state index in [2.05, 4.69) is 5.32 Å². The number of hydrogen-bond acceptors (Lipinski definition) is 3. The molecule has 6 nitrogen and oxygen atoms in total. The number of nitrogens with one attached hydrogen (secondary N) is 1. The summed E-state index contributed by atoms with van der Waals surface area (Å²) in [4.78, 5) is 29.2. The van der Waals surface area contributed by atoms with Gasteiger partial charge < -0.3 is 19.9 Å². The molecule has 2 saturated heterocycles. The van der Waals surface area contributed by atoms with Gasteiger partial charge in [-0.15, -0.1) is 0 Å². The lowest BCUT2D eigenvalue weighted by atomic mass is 9.71. The maximum absolute atomic E-state index is 12.8. The summed E-state index contributed by atoms with van der Waals surface area (Å²) >= 11 is 0. The second-order valence-corrected chi connectivity index (χ2v) is 8.56. The summed E-state index contributed by atoms with van der Waals surface area (Å²) in [7, 11) is 1.65. The van der Waals surface area contributed by atoms with Gasteiger partial charge in [-0.1, -0.05) is 31.4 Å². The van der Waals surface area contributed by atoms with E-state index in [4.69, 9.17) is 4.74 Å². The minimum atomic E-state index is -0.242. The zero-order chi connectivity index (χ0) is 19.6. The molecular weight excluding hydrogens is 354 g/mol. The highest BCUT2D eigenvalue weighted by Crippen LogP contribution is 2.42. The van der Waals surface area contributed by atoms with Crippen molar-refractivity contribution in [1.29, 1.82) is 0 Å². The van der Waals surface area contributed by atoms with E-state index in [1.807, 2.05) is 34.1 Å². The van der Waals surface area contributed by atoms with Crippen LogP contribution in [0.5, 0.6) is 5.75 Å². The van der Waals surface area contributed by atoms with Crippen molar-refractivity contribution in [2.24, 2.45) is 5.41 Å². The van der Waals surface area contributed by atoms with Crippen LogP contribution in [0.4, 0.5) is 4.79 Å². The highest BCUT2D eigenvalue weighted by Gasteiger charge is 2.53. The van der Waals surface area contributed by atoms with E-state index in [9.17, 15) is 9.59 Å². The van der Waals surface area contributed by atoms with Crippen LogP contribution >= 0.6 is 0 Å². The Morgan fingerprint density at radius 1 is 1.14 bits per heavy atom. The van der Waals surface area contributed by atoms with Gasteiger partial charge in [0.15, 0.2) is 0 Å². The number of rotatable bonds is 4. The normalized spacial score (nSPS) is 22.1. The van der Waals surface area contributed by atoms with Crippen LogP contribution in [-0.4, -0.2) is 54.5 Å². The minimum absolute atomic E-state index is 0.0589. The van der Waals surface area contributed by atoms with Gasteiger partial charge in [0.25, 0.3) is 0 Å². The van der Waals surface area contributed by atoms with E-state index >= 15 is 0 Å². The Bertz CT molecular complexity index is 704. The standard InChI is InChI=1S/C22H31N3O3/c1-28-19-9-7-17(8-10-19)15-25-16-22(20(25)26)11-13-24(14-12-22)21(27)23-18-5-3-2-4-6-18/h7-10,18H,2-6,11-16H2,1H3,(H,23,27). The van der Waals surface area contributed by atoms with E-state index in [1.165, 1.54) is 19.3 Å². The average molecular weight is 386 g/mol. The molecule has 3 fully saturated rings. The Labute approximate surface area is 167 Å². The molecule has 0 atom stereocenters. The zero-order valence-corrected chi connectivity index (χ0v) is 16.8. The van der Waals surface area contributed by atoms with Gasteiger partial charge >= 0.3 is 6.03 Å². The molecule has 1 aromatic carbocycles. The fourth-order valence-electron chi connectivity index (χ4n) is 4.85. The highest BCUT2D eigenvalue weighted by molar-refractivity contribution is 5.89. The quantitative estimate of drug-likeness (QED) is 0.810. The molecule has 2 heterocycles. The molecule has 0 unspecified atom stereocenters. The van der Waals surface area contributed by atoms with Gasteiger partial charge in [0.05, 0.1) is 12.5 Å². The van der Waals surface area contributed by atoms with Crippen molar-refractivity contribution >= 4 is 11.9 Å². The number of carbonyl (C=O) groups excluding carboxylic acids is 2. The van der Waals surface area contributed by atoms with Gasteiger partial charge in [-0.2, -0.15) is 0 Å². The first-order valence-corrected chi connectivity index (χ1v) is 10.6. The zero-order valence-electron chi connectivity index (χ0n) is 16.8. The topological polar surface area (TPSA) is 61.9 Å². The van der Waals surface area contributed by atoms with Crippen molar-refractivity contribution in [3.05, 3.63) is 29.8 Å². The predicted molar refractivity (Wildman–Crippen MR) is 107 cm³/mol. The summed E-state index contributed by atoms with van der Waals surface area (Å²) in [6, 6.07) is 8.27. The summed E-state index contributed by atoms with van der Waals surface area (Å²) in [5, 5.41) is 3.20. The molecule has 2 aliphatic heterocycles. The number of amides is 3. The molecule has 0 aromatic heterocycles. The van der Waals surface area contributed by atoms with Crippen LogP contribution < -0.4 is 10.1 Å². The van der Waals surface area contributed by atoms with Gasteiger partial charge in [-0.3, -0.25) is 4.79 Å². The Hall–Kier alpha value is -2.24. The maximum Gasteiger partial charge on any atom is 0.317 e. The molecule has 3 amide bonds. The van der Waals surface area contributed by atoms with Crippen LogP contribution in [-0.2, 0) is 11.3 Å². The molecule has 1 N–H and O–H groups in total. The van der Waals surface area contributed by atoms with Crippen LogP contribution in [0.2, 0.25) is 0 Å². The average Bonchev–Trinajstić information content (AvgIpc) is 2.75. The fraction of sp³-hybridized carbons (Fsp3) is 0.636. The lowest BCUT2D eigenvalue weighted by Crippen LogP contribution is -2.65. The number of hydrogen-bond donors (Lipinski definition) is 1. The van der Waals surface area contributed by atoms with Crippen molar-refractivity contribution < 1.29 is 14.3 Å². The molecule has 6 heteroatoms. The third kappa shape index (κ3) is 3.82. The number of likely N-dealkylation sites (tertiary alicyclic amines) is 2. The van der Waals surface area contributed by atoms with Gasteiger partial charge in [0.2, 0.25) is 5.91 Å². The monoisotopic (exact) mass is 385 g/mol. The lowest BCUT2D eigenvalue weighted by molar-refractivity contribution is -0.165. The lowest BCUT2D eigenvalue weighted by Gasteiger charge is -2.52. The second-order valence-electron chi connectivity index (χ2n) is 8.56. The molecule has 1 spiro atoms. The molecule has 3 aliphatic rings. The molecule has 152 valence electrons. The van der Waals surface area contributed by atoms with Gasteiger partial charge in [-0.25, -0.2) is 4.79 Å². The molecule has 0 radical (unpaired) electrons. The summed E-state index contributed by atoms with van der Waals surface area (Å²) in [5.41, 5.74) is 0.877. The van der Waals surface area contributed by atoms with E-state index in [1.54, 1.807) is 7.11 Å². The first kappa shape index (κ1) is 19.1. The molecular formula is C22H31N3O3. The van der Waals surface area contributed by atoms with Crippen molar-refractivity contribution in [2.75, 3.05) is 26.7 Å². The van der Waals surface area contributed by atoms with Crippen LogP contribution in [0.15, 0.2) is 24.3 Å². The molecule has 0 bridgehead atoms. The summed E-state index contributed by atoms with van der Waals surface area (Å²) in [6.45, 7) is 2.81.